The zero-order valence-electron chi connectivity index (χ0n) is 10.7. The molecular weight excluding hydrogens is 268 g/mol. The molecule has 2 atom stereocenters. The highest BCUT2D eigenvalue weighted by Gasteiger charge is 2.32. The highest BCUT2D eigenvalue weighted by Crippen LogP contribution is 2.31. The van der Waals surface area contributed by atoms with Crippen molar-refractivity contribution in [1.82, 2.24) is 5.32 Å². The first-order valence-electron chi connectivity index (χ1n) is 6.44. The molecule has 2 rings (SSSR count). The zero-order valence-corrected chi connectivity index (χ0v) is 10.7. The lowest BCUT2D eigenvalue weighted by Gasteiger charge is -2.16. The van der Waals surface area contributed by atoms with Crippen molar-refractivity contribution in [3.63, 3.8) is 0 Å². The summed E-state index contributed by atoms with van der Waals surface area (Å²) < 4.78 is 26.0. The largest absolute Gasteiger partial charge is 0.481 e. The van der Waals surface area contributed by atoms with Crippen LogP contribution >= 0.6 is 0 Å². The molecule has 0 aromatic heterocycles. The van der Waals surface area contributed by atoms with E-state index in [1.54, 1.807) is 0 Å². The van der Waals surface area contributed by atoms with Crippen LogP contribution in [0.15, 0.2) is 18.2 Å². The summed E-state index contributed by atoms with van der Waals surface area (Å²) in [6.45, 7) is 0.202. The van der Waals surface area contributed by atoms with Gasteiger partial charge in [0, 0.05) is 18.2 Å². The van der Waals surface area contributed by atoms with Gasteiger partial charge in [0.25, 0.3) is 5.91 Å². The second kappa shape index (κ2) is 5.98. The number of amides is 1. The molecule has 0 bridgehead atoms. The van der Waals surface area contributed by atoms with E-state index in [1.165, 1.54) is 0 Å². The van der Waals surface area contributed by atoms with Crippen LogP contribution in [0.3, 0.4) is 0 Å². The molecule has 1 aliphatic carbocycles. The van der Waals surface area contributed by atoms with Gasteiger partial charge in [-0.3, -0.25) is 9.59 Å². The Labute approximate surface area is 114 Å². The van der Waals surface area contributed by atoms with Gasteiger partial charge in [-0.25, -0.2) is 8.78 Å². The van der Waals surface area contributed by atoms with Crippen molar-refractivity contribution in [3.8, 4) is 0 Å². The smallest absolute Gasteiger partial charge is 0.306 e. The van der Waals surface area contributed by atoms with E-state index in [9.17, 15) is 18.4 Å². The number of carboxylic acids is 1. The van der Waals surface area contributed by atoms with Crippen LogP contribution < -0.4 is 5.32 Å². The van der Waals surface area contributed by atoms with Gasteiger partial charge in [0.15, 0.2) is 0 Å². The number of nitrogens with one attached hydrogen (secondary N) is 1. The van der Waals surface area contributed by atoms with E-state index < -0.39 is 29.4 Å². The van der Waals surface area contributed by atoms with Crippen molar-refractivity contribution in [2.75, 3.05) is 6.54 Å². The average molecular weight is 283 g/mol. The van der Waals surface area contributed by atoms with E-state index in [0.29, 0.717) is 12.5 Å². The molecule has 1 aromatic rings. The van der Waals surface area contributed by atoms with E-state index in [2.05, 4.69) is 5.32 Å². The first-order valence-corrected chi connectivity index (χ1v) is 6.44. The summed E-state index contributed by atoms with van der Waals surface area (Å²) in [6, 6.07) is 2.58. The van der Waals surface area contributed by atoms with Crippen molar-refractivity contribution in [1.29, 1.82) is 0 Å². The second-order valence-electron chi connectivity index (χ2n) is 5.00. The van der Waals surface area contributed by atoms with Gasteiger partial charge in [-0.15, -0.1) is 0 Å². The molecule has 1 amide bonds. The average Bonchev–Trinajstić information content (AvgIpc) is 2.83. The maximum absolute atomic E-state index is 13.0. The Hall–Kier alpha value is -1.98. The minimum atomic E-state index is -0.862. The van der Waals surface area contributed by atoms with E-state index in [0.717, 1.165) is 25.0 Å². The van der Waals surface area contributed by atoms with Gasteiger partial charge in [-0.05, 0) is 30.9 Å². The first-order chi connectivity index (χ1) is 9.47. The van der Waals surface area contributed by atoms with Crippen LogP contribution in [0.5, 0.6) is 0 Å². The third kappa shape index (κ3) is 3.31. The quantitative estimate of drug-likeness (QED) is 0.890. The molecule has 20 heavy (non-hydrogen) atoms. The van der Waals surface area contributed by atoms with Crippen LogP contribution in [0, 0.1) is 23.5 Å². The fourth-order valence-corrected chi connectivity index (χ4v) is 2.62. The fraction of sp³-hybridized carbons (Fsp3) is 0.429. The summed E-state index contributed by atoms with van der Waals surface area (Å²) in [4.78, 5) is 22.8. The lowest BCUT2D eigenvalue weighted by Crippen LogP contribution is -2.33. The van der Waals surface area contributed by atoms with Crippen LogP contribution in [0.2, 0.25) is 0 Å². The highest BCUT2D eigenvalue weighted by molar-refractivity contribution is 5.94. The highest BCUT2D eigenvalue weighted by atomic mass is 19.1. The lowest BCUT2D eigenvalue weighted by atomic mass is 9.96. The number of hydrogen-bond acceptors (Lipinski definition) is 2. The minimum Gasteiger partial charge on any atom is -0.481 e. The number of halogens is 2. The van der Waals surface area contributed by atoms with Crippen molar-refractivity contribution >= 4 is 11.9 Å². The van der Waals surface area contributed by atoms with Crippen LogP contribution in [-0.2, 0) is 4.79 Å². The van der Waals surface area contributed by atoms with Crippen LogP contribution in [-0.4, -0.2) is 23.5 Å². The number of hydrogen-bond donors (Lipinski definition) is 2. The van der Waals surface area contributed by atoms with Gasteiger partial charge in [-0.1, -0.05) is 6.42 Å². The van der Waals surface area contributed by atoms with E-state index in [-0.39, 0.29) is 18.0 Å². The first kappa shape index (κ1) is 14.4. The van der Waals surface area contributed by atoms with Crippen molar-refractivity contribution < 1.29 is 23.5 Å². The molecule has 4 nitrogen and oxygen atoms in total. The molecule has 1 fully saturated rings. The van der Waals surface area contributed by atoms with Gasteiger partial charge in [0.05, 0.1) is 5.92 Å². The molecule has 0 spiro atoms. The van der Waals surface area contributed by atoms with Crippen molar-refractivity contribution in [2.24, 2.45) is 11.8 Å². The number of benzene rings is 1. The predicted molar refractivity (Wildman–Crippen MR) is 67.2 cm³/mol. The number of carbonyl (C=O) groups is 2. The lowest BCUT2D eigenvalue weighted by molar-refractivity contribution is -0.142. The molecule has 1 saturated carbocycles. The topological polar surface area (TPSA) is 66.4 Å². The Bertz CT molecular complexity index is 513. The summed E-state index contributed by atoms with van der Waals surface area (Å²) in [5, 5.41) is 11.6. The molecule has 1 aromatic carbocycles. The maximum atomic E-state index is 13.0. The molecule has 0 aliphatic heterocycles. The molecule has 2 unspecified atom stereocenters. The second-order valence-corrected chi connectivity index (χ2v) is 5.00. The van der Waals surface area contributed by atoms with Crippen molar-refractivity contribution in [2.45, 2.75) is 19.3 Å². The summed E-state index contributed by atoms with van der Waals surface area (Å²) in [7, 11) is 0. The monoisotopic (exact) mass is 283 g/mol. The molecule has 0 radical (unpaired) electrons. The Morgan fingerprint density at radius 2 is 1.85 bits per heavy atom. The van der Waals surface area contributed by atoms with Gasteiger partial charge in [0.1, 0.15) is 11.6 Å². The molecule has 108 valence electrons. The van der Waals surface area contributed by atoms with Gasteiger partial charge in [0.2, 0.25) is 0 Å². The SMILES string of the molecule is O=C(NCC1CCCC1C(=O)O)c1cc(F)cc(F)c1. The third-order valence-electron chi connectivity index (χ3n) is 3.63. The molecule has 6 heteroatoms. The van der Waals surface area contributed by atoms with Gasteiger partial charge in [-0.2, -0.15) is 0 Å². The Balaban J connectivity index is 1.96. The summed E-state index contributed by atoms with van der Waals surface area (Å²) >= 11 is 0. The summed E-state index contributed by atoms with van der Waals surface area (Å²) in [5.74, 6) is -3.69. The normalized spacial score (nSPS) is 21.7. The van der Waals surface area contributed by atoms with Gasteiger partial charge < -0.3 is 10.4 Å². The Kier molecular flexibility index (Phi) is 4.32. The summed E-state index contributed by atoms with van der Waals surface area (Å²) in [5.41, 5.74) is -0.104. The molecule has 1 aliphatic rings. The van der Waals surface area contributed by atoms with E-state index in [4.69, 9.17) is 5.11 Å². The number of carbonyl (C=O) groups excluding carboxylic acids is 1. The van der Waals surface area contributed by atoms with Crippen LogP contribution in [0.4, 0.5) is 8.78 Å². The van der Waals surface area contributed by atoms with E-state index in [1.807, 2.05) is 0 Å². The number of carboxylic acid groups (broad SMARTS) is 1. The zero-order chi connectivity index (χ0) is 14.7. The van der Waals surface area contributed by atoms with E-state index >= 15 is 0 Å². The molecular formula is C14H15F2NO3. The number of rotatable bonds is 4. The Morgan fingerprint density at radius 3 is 2.45 bits per heavy atom. The minimum absolute atomic E-state index is 0.104. The number of aliphatic carboxylic acids is 1. The predicted octanol–water partition coefficient (Wildman–Crippen LogP) is 2.20. The molecule has 0 heterocycles. The van der Waals surface area contributed by atoms with Crippen LogP contribution in [0.25, 0.3) is 0 Å². The maximum Gasteiger partial charge on any atom is 0.306 e. The van der Waals surface area contributed by atoms with Crippen molar-refractivity contribution in [3.05, 3.63) is 35.4 Å². The fourth-order valence-electron chi connectivity index (χ4n) is 2.62. The van der Waals surface area contributed by atoms with Crippen LogP contribution in [0.1, 0.15) is 29.6 Å². The molecule has 2 N–H and O–H groups in total. The standard InChI is InChI=1S/C14H15F2NO3/c15-10-4-9(5-11(16)6-10)13(18)17-7-8-2-1-3-12(8)14(19)20/h4-6,8,12H,1-3,7H2,(H,17,18)(H,19,20). The summed E-state index contributed by atoms with van der Waals surface area (Å²) in [6.07, 6.45) is 2.14. The third-order valence-corrected chi connectivity index (χ3v) is 3.63. The molecule has 0 saturated heterocycles. The Morgan fingerprint density at radius 1 is 1.20 bits per heavy atom. The van der Waals surface area contributed by atoms with Gasteiger partial charge >= 0.3 is 5.97 Å².